The number of aryl methyl sites for hydroxylation is 1. The van der Waals surface area contributed by atoms with Gasteiger partial charge < -0.3 is 10.6 Å². The van der Waals surface area contributed by atoms with Crippen molar-refractivity contribution in [3.63, 3.8) is 0 Å². The molecule has 2 N–H and O–H groups in total. The first-order chi connectivity index (χ1) is 15.4. The smallest absolute Gasteiger partial charge is 0.285 e. The van der Waals surface area contributed by atoms with E-state index < -0.39 is 17.4 Å². The zero-order valence-electron chi connectivity index (χ0n) is 18.4. The second-order valence-corrected chi connectivity index (χ2v) is 7.84. The SMILES string of the molecule is Cc1nc(N)nc(N2C[C@H](C)C2c2nn3ccc(F)c3c(=O)n2-c2ccccc2)c1C#N.S.S. The van der Waals surface area contributed by atoms with Crippen LogP contribution in [-0.2, 0) is 0 Å². The van der Waals surface area contributed by atoms with Gasteiger partial charge in [0.15, 0.2) is 23.0 Å². The summed E-state index contributed by atoms with van der Waals surface area (Å²) >= 11 is 0. The Bertz CT molecular complexity index is 1460. The third-order valence-electron chi connectivity index (χ3n) is 5.77. The minimum atomic E-state index is -0.636. The Labute approximate surface area is 208 Å². The van der Waals surface area contributed by atoms with Gasteiger partial charge in [-0.1, -0.05) is 25.1 Å². The molecule has 1 fully saturated rings. The number of nitrogens with zero attached hydrogens (tertiary/aromatic N) is 7. The molecule has 0 spiro atoms. The largest absolute Gasteiger partial charge is 0.368 e. The predicted octanol–water partition coefficient (Wildman–Crippen LogP) is 2.60. The molecule has 1 aliphatic heterocycles. The zero-order chi connectivity index (χ0) is 22.6. The van der Waals surface area contributed by atoms with Crippen molar-refractivity contribution in [3.05, 3.63) is 75.8 Å². The molecule has 3 aromatic heterocycles. The molecule has 5 rings (SSSR count). The van der Waals surface area contributed by atoms with Gasteiger partial charge in [-0.15, -0.1) is 0 Å². The summed E-state index contributed by atoms with van der Waals surface area (Å²) in [5.74, 6) is 0.321. The van der Waals surface area contributed by atoms with Gasteiger partial charge in [0.25, 0.3) is 5.56 Å². The Morgan fingerprint density at radius 2 is 1.88 bits per heavy atom. The molecule has 0 amide bonds. The van der Waals surface area contributed by atoms with Crippen molar-refractivity contribution >= 4 is 44.3 Å². The van der Waals surface area contributed by atoms with Crippen molar-refractivity contribution in [2.24, 2.45) is 5.92 Å². The van der Waals surface area contributed by atoms with Gasteiger partial charge >= 0.3 is 0 Å². The van der Waals surface area contributed by atoms with Gasteiger partial charge in [0.1, 0.15) is 11.6 Å². The maximum absolute atomic E-state index is 14.4. The number of aromatic nitrogens is 5. The maximum atomic E-state index is 14.4. The number of hydrogen-bond acceptors (Lipinski definition) is 7. The molecule has 34 heavy (non-hydrogen) atoms. The highest BCUT2D eigenvalue weighted by molar-refractivity contribution is 7.59. The van der Waals surface area contributed by atoms with Gasteiger partial charge in [-0.2, -0.15) is 42.3 Å². The lowest BCUT2D eigenvalue weighted by molar-refractivity contribution is 0.300. The van der Waals surface area contributed by atoms with Crippen molar-refractivity contribution < 1.29 is 4.39 Å². The zero-order valence-corrected chi connectivity index (χ0v) is 20.4. The van der Waals surface area contributed by atoms with Crippen LogP contribution in [-0.4, -0.2) is 30.7 Å². The van der Waals surface area contributed by atoms with Crippen molar-refractivity contribution in [3.8, 4) is 11.8 Å². The van der Waals surface area contributed by atoms with Gasteiger partial charge in [-0.25, -0.2) is 13.9 Å². The Morgan fingerprint density at radius 1 is 1.18 bits per heavy atom. The van der Waals surface area contributed by atoms with Gasteiger partial charge in [0, 0.05) is 18.7 Å². The first-order valence-electron chi connectivity index (χ1n) is 10.1. The lowest BCUT2D eigenvalue weighted by Crippen LogP contribution is -2.52. The monoisotopic (exact) mass is 498 g/mol. The second kappa shape index (κ2) is 9.36. The van der Waals surface area contributed by atoms with Crippen LogP contribution in [0.15, 0.2) is 47.4 Å². The summed E-state index contributed by atoms with van der Waals surface area (Å²) in [6, 6.07) is 12.0. The summed E-state index contributed by atoms with van der Waals surface area (Å²) in [4.78, 5) is 23.7. The van der Waals surface area contributed by atoms with Crippen molar-refractivity contribution in [1.82, 2.24) is 24.1 Å². The molecule has 0 aliphatic carbocycles. The molecule has 1 saturated heterocycles. The highest BCUT2D eigenvalue weighted by Gasteiger charge is 2.43. The number of rotatable bonds is 3. The van der Waals surface area contributed by atoms with E-state index >= 15 is 0 Å². The predicted molar refractivity (Wildman–Crippen MR) is 137 cm³/mol. The molecular weight excluding hydrogens is 475 g/mol. The van der Waals surface area contributed by atoms with Crippen LogP contribution < -0.4 is 16.2 Å². The van der Waals surface area contributed by atoms with E-state index in [-0.39, 0.29) is 44.4 Å². The number of nitrogen functional groups attached to an aromatic ring is 1. The summed E-state index contributed by atoms with van der Waals surface area (Å²) in [6.07, 6.45) is 1.42. The number of nitriles is 1. The topological polar surface area (TPSA) is 118 Å². The average molecular weight is 499 g/mol. The van der Waals surface area contributed by atoms with Crippen molar-refractivity contribution in [2.45, 2.75) is 19.9 Å². The lowest BCUT2D eigenvalue weighted by Gasteiger charge is -2.47. The van der Waals surface area contributed by atoms with E-state index in [0.29, 0.717) is 35.1 Å². The van der Waals surface area contributed by atoms with Gasteiger partial charge in [-0.3, -0.25) is 9.36 Å². The van der Waals surface area contributed by atoms with E-state index in [4.69, 9.17) is 5.73 Å². The number of fused-ring (bicyclic) bond motifs is 1. The number of nitrogens with two attached hydrogens (primary N) is 1. The number of para-hydroxylation sites is 1. The average Bonchev–Trinajstić information content (AvgIpc) is 3.13. The van der Waals surface area contributed by atoms with Crippen molar-refractivity contribution in [2.75, 3.05) is 17.2 Å². The van der Waals surface area contributed by atoms with Crippen LogP contribution in [0, 0.1) is 30.0 Å². The van der Waals surface area contributed by atoms with Crippen LogP contribution in [0.3, 0.4) is 0 Å². The van der Waals surface area contributed by atoms with E-state index in [2.05, 4.69) is 21.1 Å². The molecule has 2 atom stereocenters. The lowest BCUT2D eigenvalue weighted by atomic mass is 9.88. The van der Waals surface area contributed by atoms with Crippen LogP contribution >= 0.6 is 27.0 Å². The number of benzene rings is 1. The fourth-order valence-electron chi connectivity index (χ4n) is 4.29. The highest BCUT2D eigenvalue weighted by Crippen LogP contribution is 2.42. The number of hydrogen-bond donors (Lipinski definition) is 1. The third-order valence-corrected chi connectivity index (χ3v) is 5.77. The maximum Gasteiger partial charge on any atom is 0.285 e. The Kier molecular flexibility index (Phi) is 6.90. The van der Waals surface area contributed by atoms with Crippen molar-refractivity contribution in [1.29, 1.82) is 5.26 Å². The van der Waals surface area contributed by atoms with Crippen LogP contribution in [0.2, 0.25) is 0 Å². The van der Waals surface area contributed by atoms with E-state index in [1.165, 1.54) is 21.3 Å². The van der Waals surface area contributed by atoms with Gasteiger partial charge in [0.2, 0.25) is 5.95 Å². The first-order valence-corrected chi connectivity index (χ1v) is 10.1. The molecule has 1 aromatic carbocycles. The molecule has 0 bridgehead atoms. The van der Waals surface area contributed by atoms with E-state index in [0.717, 1.165) is 0 Å². The van der Waals surface area contributed by atoms with E-state index in [9.17, 15) is 14.4 Å². The molecular formula is C22H23FN8OS2. The van der Waals surface area contributed by atoms with Crippen LogP contribution in [0.1, 0.15) is 30.0 Å². The molecule has 0 saturated carbocycles. The summed E-state index contributed by atoms with van der Waals surface area (Å²) in [7, 11) is 0. The van der Waals surface area contributed by atoms with E-state index in [1.807, 2.05) is 17.9 Å². The minimum absolute atomic E-state index is 0. The molecule has 4 heterocycles. The number of halogens is 1. The summed E-state index contributed by atoms with van der Waals surface area (Å²) in [5, 5.41) is 14.3. The Morgan fingerprint density at radius 3 is 2.53 bits per heavy atom. The molecule has 176 valence electrons. The first kappa shape index (κ1) is 25.1. The Balaban J connectivity index is 0.00000162. The number of anilines is 2. The second-order valence-electron chi connectivity index (χ2n) is 7.84. The van der Waals surface area contributed by atoms with Gasteiger partial charge in [0.05, 0.1) is 17.4 Å². The summed E-state index contributed by atoms with van der Waals surface area (Å²) < 4.78 is 17.1. The molecule has 12 heteroatoms. The summed E-state index contributed by atoms with van der Waals surface area (Å²) in [6.45, 7) is 4.30. The van der Waals surface area contributed by atoms with Crippen LogP contribution in [0.5, 0.6) is 0 Å². The highest BCUT2D eigenvalue weighted by atomic mass is 32.1. The normalized spacial score (nSPS) is 16.8. The quantitative estimate of drug-likeness (QED) is 0.461. The van der Waals surface area contributed by atoms with Gasteiger partial charge in [-0.05, 0) is 25.1 Å². The molecule has 1 aliphatic rings. The summed E-state index contributed by atoms with van der Waals surface area (Å²) in [5.41, 5.74) is 6.59. The van der Waals surface area contributed by atoms with E-state index in [1.54, 1.807) is 31.2 Å². The minimum Gasteiger partial charge on any atom is -0.368 e. The fourth-order valence-corrected chi connectivity index (χ4v) is 4.29. The standard InChI is InChI=1S/C22H19FN8O.2H2S/c1-12-11-29(19-15(10-24)13(2)26-22(25)27-19)17(12)20-28-30-9-8-16(23)18(30)21(32)31(20)14-6-4-3-5-7-14;;/h3-9,12,17H,11H2,1-2H3,(H2,25,26,27);2*1H2/t12-,17?;;/m0../s1. The molecule has 0 radical (unpaired) electrons. The Hall–Kier alpha value is -3.56. The molecule has 4 aromatic rings. The molecule has 9 nitrogen and oxygen atoms in total. The van der Waals surface area contributed by atoms with Crippen LogP contribution in [0.4, 0.5) is 16.2 Å². The van der Waals surface area contributed by atoms with Crippen LogP contribution in [0.25, 0.3) is 11.2 Å². The molecule has 1 unspecified atom stereocenters. The fraction of sp³-hybridized carbons (Fsp3) is 0.227. The third kappa shape index (κ3) is 3.76.